The largest absolute Gasteiger partial charge is 0.325 e. The number of nitrogens with one attached hydrogen (secondary N) is 1. The lowest BCUT2D eigenvalue weighted by atomic mass is 9.80. The highest BCUT2D eigenvalue weighted by atomic mass is 32.1. The van der Waals surface area contributed by atoms with Gasteiger partial charge in [0.25, 0.3) is 5.91 Å². The molecule has 4 nitrogen and oxygen atoms in total. The molecule has 4 rings (SSSR count). The molecule has 0 bridgehead atoms. The maximum atomic E-state index is 13.1. The molecule has 0 radical (unpaired) electrons. The number of nitrogens with zero attached hydrogens (tertiary/aromatic N) is 1. The number of hydrogen-bond acceptors (Lipinski definition) is 3. The van der Waals surface area contributed by atoms with Gasteiger partial charge in [0.15, 0.2) is 0 Å². The molecule has 3 amide bonds. The predicted octanol–water partition coefficient (Wildman–Crippen LogP) is 3.34. The molecule has 118 valence electrons. The van der Waals surface area contributed by atoms with Crippen LogP contribution in [0.3, 0.4) is 0 Å². The van der Waals surface area contributed by atoms with Crippen LogP contribution in [-0.4, -0.2) is 16.8 Å². The summed E-state index contributed by atoms with van der Waals surface area (Å²) in [7, 11) is 0. The molecule has 1 atom stereocenters. The van der Waals surface area contributed by atoms with E-state index in [1.807, 2.05) is 42.6 Å². The summed E-state index contributed by atoms with van der Waals surface area (Å²) in [6.07, 6.45) is 2.61. The molecular weight excluding hydrogens is 308 g/mol. The van der Waals surface area contributed by atoms with E-state index in [2.05, 4.69) is 5.32 Å². The van der Waals surface area contributed by atoms with E-state index in [1.54, 1.807) is 11.3 Å². The number of thiophene rings is 1. The van der Waals surface area contributed by atoms with E-state index in [-0.39, 0.29) is 11.9 Å². The van der Waals surface area contributed by atoms with E-state index in [0.29, 0.717) is 13.0 Å². The Bertz CT molecular complexity index is 798. The smallest absolute Gasteiger partial charge is 0.319 e. The minimum absolute atomic E-state index is 0.106. The predicted molar refractivity (Wildman–Crippen MR) is 89.2 cm³/mol. The fourth-order valence-corrected chi connectivity index (χ4v) is 4.64. The number of carbonyl (C=O) groups is 2. The molecule has 0 unspecified atom stereocenters. The molecule has 1 aromatic heterocycles. The molecule has 2 aromatic rings. The third-order valence-electron chi connectivity index (χ3n) is 4.93. The van der Waals surface area contributed by atoms with Gasteiger partial charge in [-0.15, -0.1) is 11.3 Å². The molecule has 1 aromatic carbocycles. The zero-order valence-corrected chi connectivity index (χ0v) is 13.8. The Labute approximate surface area is 139 Å². The highest BCUT2D eigenvalue weighted by Gasteiger charge is 2.54. The quantitative estimate of drug-likeness (QED) is 0.861. The van der Waals surface area contributed by atoms with Crippen LogP contribution in [0.15, 0.2) is 35.7 Å². The van der Waals surface area contributed by atoms with Crippen molar-refractivity contribution in [2.75, 3.05) is 0 Å². The third kappa shape index (κ3) is 2.10. The zero-order chi connectivity index (χ0) is 16.0. The van der Waals surface area contributed by atoms with Crippen LogP contribution in [0.1, 0.15) is 34.4 Å². The highest BCUT2D eigenvalue weighted by Crippen LogP contribution is 2.42. The van der Waals surface area contributed by atoms with Crippen molar-refractivity contribution < 1.29 is 9.59 Å². The van der Waals surface area contributed by atoms with Crippen molar-refractivity contribution in [3.63, 3.8) is 0 Å². The van der Waals surface area contributed by atoms with Crippen LogP contribution in [0.4, 0.5) is 4.79 Å². The van der Waals surface area contributed by atoms with Crippen molar-refractivity contribution in [1.29, 1.82) is 0 Å². The van der Waals surface area contributed by atoms with Crippen LogP contribution in [0.25, 0.3) is 0 Å². The third-order valence-corrected chi connectivity index (χ3v) is 5.91. The maximum absolute atomic E-state index is 13.1. The normalized spacial score (nSPS) is 23.3. The summed E-state index contributed by atoms with van der Waals surface area (Å²) in [6, 6.07) is 9.59. The van der Waals surface area contributed by atoms with Gasteiger partial charge in [-0.25, -0.2) is 4.79 Å². The Morgan fingerprint density at radius 1 is 1.26 bits per heavy atom. The molecule has 1 aliphatic carbocycles. The molecule has 1 spiro atoms. The van der Waals surface area contributed by atoms with Gasteiger partial charge in [0, 0.05) is 10.4 Å². The Morgan fingerprint density at radius 2 is 2.09 bits per heavy atom. The zero-order valence-electron chi connectivity index (χ0n) is 13.0. The molecule has 0 saturated carbocycles. The lowest BCUT2D eigenvalue weighted by molar-refractivity contribution is -0.132. The summed E-state index contributed by atoms with van der Waals surface area (Å²) >= 11 is 1.68. The SMILES string of the molecule is Cc1ccccc1CN1C(=O)N[C@]2(CCCc3sccc32)C1=O. The molecule has 1 fully saturated rings. The number of amides is 3. The lowest BCUT2D eigenvalue weighted by Crippen LogP contribution is -2.46. The van der Waals surface area contributed by atoms with Gasteiger partial charge in [-0.05, 0) is 48.8 Å². The Balaban J connectivity index is 1.70. The van der Waals surface area contributed by atoms with E-state index < -0.39 is 5.54 Å². The molecule has 1 aliphatic heterocycles. The average Bonchev–Trinajstić information content (AvgIpc) is 3.10. The van der Waals surface area contributed by atoms with Crippen LogP contribution < -0.4 is 5.32 Å². The van der Waals surface area contributed by atoms with Gasteiger partial charge in [0.1, 0.15) is 5.54 Å². The van der Waals surface area contributed by atoms with Crippen LogP contribution in [0, 0.1) is 6.92 Å². The second kappa shape index (κ2) is 5.20. The summed E-state index contributed by atoms with van der Waals surface area (Å²) in [6.45, 7) is 2.33. The Hall–Kier alpha value is -2.14. The number of carbonyl (C=O) groups excluding carboxylic acids is 2. The van der Waals surface area contributed by atoms with Gasteiger partial charge >= 0.3 is 6.03 Å². The second-order valence-corrected chi connectivity index (χ2v) is 7.26. The number of aryl methyl sites for hydroxylation is 2. The topological polar surface area (TPSA) is 49.4 Å². The molecule has 23 heavy (non-hydrogen) atoms. The first-order valence-corrected chi connectivity index (χ1v) is 8.75. The van der Waals surface area contributed by atoms with Crippen molar-refractivity contribution in [3.05, 3.63) is 57.3 Å². The van der Waals surface area contributed by atoms with Crippen molar-refractivity contribution in [2.24, 2.45) is 0 Å². The van der Waals surface area contributed by atoms with E-state index in [9.17, 15) is 9.59 Å². The van der Waals surface area contributed by atoms with Crippen LogP contribution in [0.5, 0.6) is 0 Å². The van der Waals surface area contributed by atoms with Crippen LogP contribution in [-0.2, 0) is 23.3 Å². The molecule has 2 heterocycles. The van der Waals surface area contributed by atoms with Gasteiger partial charge in [-0.2, -0.15) is 0 Å². The number of benzene rings is 1. The number of rotatable bonds is 2. The van der Waals surface area contributed by atoms with E-state index in [0.717, 1.165) is 29.5 Å². The molecule has 5 heteroatoms. The summed E-state index contributed by atoms with van der Waals surface area (Å²) in [4.78, 5) is 28.2. The number of urea groups is 1. The van der Waals surface area contributed by atoms with Gasteiger partial charge in [-0.1, -0.05) is 24.3 Å². The molecule has 2 aliphatic rings. The molecule has 1 saturated heterocycles. The van der Waals surface area contributed by atoms with Gasteiger partial charge < -0.3 is 5.32 Å². The van der Waals surface area contributed by atoms with Crippen molar-refractivity contribution in [1.82, 2.24) is 10.2 Å². The van der Waals surface area contributed by atoms with Crippen LogP contribution >= 0.6 is 11.3 Å². The minimum Gasteiger partial charge on any atom is -0.319 e. The number of fused-ring (bicyclic) bond motifs is 2. The first-order chi connectivity index (χ1) is 11.1. The second-order valence-electron chi connectivity index (χ2n) is 6.26. The summed E-state index contributed by atoms with van der Waals surface area (Å²) < 4.78 is 0. The summed E-state index contributed by atoms with van der Waals surface area (Å²) in [5.41, 5.74) is 2.26. The first-order valence-electron chi connectivity index (χ1n) is 7.87. The average molecular weight is 326 g/mol. The Kier molecular flexibility index (Phi) is 3.27. The Morgan fingerprint density at radius 3 is 2.91 bits per heavy atom. The summed E-state index contributed by atoms with van der Waals surface area (Å²) in [5, 5.41) is 5.01. The number of imide groups is 1. The van der Waals surface area contributed by atoms with Crippen LogP contribution in [0.2, 0.25) is 0 Å². The van der Waals surface area contributed by atoms with E-state index in [4.69, 9.17) is 0 Å². The molecular formula is C18H18N2O2S. The fraction of sp³-hybridized carbons (Fsp3) is 0.333. The van der Waals surface area contributed by atoms with E-state index in [1.165, 1.54) is 9.78 Å². The summed E-state index contributed by atoms with van der Waals surface area (Å²) in [5.74, 6) is -0.106. The molecule has 1 N–H and O–H groups in total. The van der Waals surface area contributed by atoms with Crippen molar-refractivity contribution >= 4 is 23.3 Å². The van der Waals surface area contributed by atoms with E-state index >= 15 is 0 Å². The standard InChI is InChI=1S/C18H18N2O2S/c1-12-5-2-3-6-13(12)11-20-16(21)18(19-17(20)22)9-4-7-15-14(18)8-10-23-15/h2-3,5-6,8,10H,4,7,9,11H2,1H3,(H,19,22)/t18-/m0/s1. The minimum atomic E-state index is -0.840. The van der Waals surface area contributed by atoms with Crippen molar-refractivity contribution in [2.45, 2.75) is 38.3 Å². The van der Waals surface area contributed by atoms with Gasteiger partial charge in [-0.3, -0.25) is 9.69 Å². The number of hydrogen-bond donors (Lipinski definition) is 1. The first kappa shape index (κ1) is 14.5. The maximum Gasteiger partial charge on any atom is 0.325 e. The monoisotopic (exact) mass is 326 g/mol. The van der Waals surface area contributed by atoms with Gasteiger partial charge in [0.05, 0.1) is 6.54 Å². The fourth-order valence-electron chi connectivity index (χ4n) is 3.64. The van der Waals surface area contributed by atoms with Gasteiger partial charge in [0.2, 0.25) is 0 Å². The van der Waals surface area contributed by atoms with Crippen molar-refractivity contribution in [3.8, 4) is 0 Å². The lowest BCUT2D eigenvalue weighted by Gasteiger charge is -2.31. The highest BCUT2D eigenvalue weighted by molar-refractivity contribution is 7.10.